The van der Waals surface area contributed by atoms with Crippen LogP contribution >= 0.6 is 11.3 Å². The summed E-state index contributed by atoms with van der Waals surface area (Å²) < 4.78 is 1.60. The van der Waals surface area contributed by atoms with Crippen LogP contribution in [0.5, 0.6) is 0 Å². The van der Waals surface area contributed by atoms with Gasteiger partial charge in [0.15, 0.2) is 0 Å². The third kappa shape index (κ3) is 1.82. The summed E-state index contributed by atoms with van der Waals surface area (Å²) in [6, 6.07) is 3.49. The highest BCUT2D eigenvalue weighted by atomic mass is 32.1. The number of nitrogens with two attached hydrogens (primary N) is 1. The van der Waals surface area contributed by atoms with Crippen molar-refractivity contribution >= 4 is 17.0 Å². The summed E-state index contributed by atoms with van der Waals surface area (Å²) in [5.74, 6) is 0. The Bertz CT molecular complexity index is 489. The van der Waals surface area contributed by atoms with E-state index in [0.29, 0.717) is 12.2 Å². The lowest BCUT2D eigenvalue weighted by Gasteiger charge is -2.01. The van der Waals surface area contributed by atoms with Crippen molar-refractivity contribution in [2.45, 2.75) is 6.54 Å². The Morgan fingerprint density at radius 1 is 1.57 bits per heavy atom. The van der Waals surface area contributed by atoms with Crippen molar-refractivity contribution in [3.8, 4) is 0 Å². The Morgan fingerprint density at radius 2 is 2.43 bits per heavy atom. The first kappa shape index (κ1) is 8.96. The van der Waals surface area contributed by atoms with E-state index in [0.717, 1.165) is 5.69 Å². The van der Waals surface area contributed by atoms with Gasteiger partial charge < -0.3 is 5.73 Å². The molecule has 2 rings (SSSR count). The molecule has 0 aliphatic carbocycles. The summed E-state index contributed by atoms with van der Waals surface area (Å²) in [6.45, 7) is 0.480. The number of anilines is 1. The minimum Gasteiger partial charge on any atom is -0.399 e. The van der Waals surface area contributed by atoms with Crippen molar-refractivity contribution in [2.24, 2.45) is 0 Å². The normalized spacial score (nSPS) is 10.3. The second-order valence-electron chi connectivity index (χ2n) is 2.88. The van der Waals surface area contributed by atoms with Gasteiger partial charge in [-0.15, -0.1) is 0 Å². The molecule has 0 radical (unpaired) electrons. The highest BCUT2D eigenvalue weighted by Gasteiger charge is 1.99. The van der Waals surface area contributed by atoms with Crippen LogP contribution in [0.2, 0.25) is 0 Å². The SMILES string of the molecule is Nc1ccnc(Cn2ccsc2=O)c1. The number of nitrogens with zero attached hydrogens (tertiary/aromatic N) is 2. The van der Waals surface area contributed by atoms with Gasteiger partial charge in [-0.1, -0.05) is 11.3 Å². The predicted octanol–water partition coefficient (Wildman–Crippen LogP) is 0.935. The molecule has 2 aromatic rings. The predicted molar refractivity (Wildman–Crippen MR) is 56.3 cm³/mol. The molecule has 4 nitrogen and oxygen atoms in total. The van der Waals surface area contributed by atoms with E-state index in [1.54, 1.807) is 34.5 Å². The number of nitrogen functional groups attached to an aromatic ring is 1. The Hall–Kier alpha value is -1.62. The van der Waals surface area contributed by atoms with Crippen molar-refractivity contribution < 1.29 is 0 Å². The number of pyridine rings is 1. The highest BCUT2D eigenvalue weighted by molar-refractivity contribution is 7.07. The molecule has 2 heterocycles. The van der Waals surface area contributed by atoms with E-state index in [1.807, 2.05) is 0 Å². The quantitative estimate of drug-likeness (QED) is 0.797. The van der Waals surface area contributed by atoms with Crippen molar-refractivity contribution in [1.82, 2.24) is 9.55 Å². The maximum absolute atomic E-state index is 11.2. The van der Waals surface area contributed by atoms with Crippen molar-refractivity contribution in [1.29, 1.82) is 0 Å². The van der Waals surface area contributed by atoms with Crippen LogP contribution in [0.4, 0.5) is 5.69 Å². The molecule has 0 amide bonds. The molecule has 2 N–H and O–H groups in total. The molecule has 0 aliphatic rings. The van der Waals surface area contributed by atoms with Gasteiger partial charge in [0.1, 0.15) is 0 Å². The Balaban J connectivity index is 2.27. The molecular weight excluding hydrogens is 198 g/mol. The van der Waals surface area contributed by atoms with E-state index in [-0.39, 0.29) is 4.87 Å². The Kier molecular flexibility index (Phi) is 2.32. The van der Waals surface area contributed by atoms with Gasteiger partial charge in [0.2, 0.25) is 0 Å². The highest BCUT2D eigenvalue weighted by Crippen LogP contribution is 2.04. The molecule has 0 aliphatic heterocycles. The molecule has 0 bridgehead atoms. The zero-order valence-electron chi connectivity index (χ0n) is 7.38. The molecule has 0 saturated carbocycles. The van der Waals surface area contributed by atoms with Crippen LogP contribution in [0, 0.1) is 0 Å². The van der Waals surface area contributed by atoms with Gasteiger partial charge >= 0.3 is 4.87 Å². The molecule has 0 saturated heterocycles. The first-order chi connectivity index (χ1) is 6.75. The first-order valence-corrected chi connectivity index (χ1v) is 4.98. The molecule has 72 valence electrons. The summed E-state index contributed by atoms with van der Waals surface area (Å²) in [4.78, 5) is 15.4. The standard InChI is InChI=1S/C9H9N3OS/c10-7-1-2-11-8(5-7)6-12-3-4-14-9(12)13/h1-5H,6H2,(H2,10,11). The smallest absolute Gasteiger partial charge is 0.307 e. The minimum absolute atomic E-state index is 0.0224. The lowest BCUT2D eigenvalue weighted by atomic mass is 10.3. The number of hydrogen-bond acceptors (Lipinski definition) is 4. The molecule has 0 aromatic carbocycles. The van der Waals surface area contributed by atoms with Crippen molar-refractivity contribution in [2.75, 3.05) is 5.73 Å². The van der Waals surface area contributed by atoms with Gasteiger partial charge in [-0.2, -0.15) is 0 Å². The van der Waals surface area contributed by atoms with Gasteiger partial charge in [0, 0.05) is 23.5 Å². The molecular formula is C9H9N3OS. The molecule has 14 heavy (non-hydrogen) atoms. The van der Waals surface area contributed by atoms with Crippen LogP contribution in [0.1, 0.15) is 5.69 Å². The van der Waals surface area contributed by atoms with Gasteiger partial charge in [-0.05, 0) is 12.1 Å². The minimum atomic E-state index is 0.0224. The monoisotopic (exact) mass is 207 g/mol. The third-order valence-corrected chi connectivity index (χ3v) is 2.51. The lowest BCUT2D eigenvalue weighted by Crippen LogP contribution is -2.13. The third-order valence-electron chi connectivity index (χ3n) is 1.82. The van der Waals surface area contributed by atoms with Crippen LogP contribution in [0.25, 0.3) is 0 Å². The fourth-order valence-corrected chi connectivity index (χ4v) is 1.75. The van der Waals surface area contributed by atoms with E-state index in [2.05, 4.69) is 4.98 Å². The van der Waals surface area contributed by atoms with Gasteiger partial charge in [0.25, 0.3) is 0 Å². The van der Waals surface area contributed by atoms with Crippen molar-refractivity contribution in [3.63, 3.8) is 0 Å². The molecule has 2 aromatic heterocycles. The Labute approximate surface area is 84.6 Å². The van der Waals surface area contributed by atoms with Gasteiger partial charge in [0.05, 0.1) is 12.2 Å². The fourth-order valence-electron chi connectivity index (χ4n) is 1.17. The van der Waals surface area contributed by atoms with E-state index >= 15 is 0 Å². The zero-order valence-corrected chi connectivity index (χ0v) is 8.20. The second kappa shape index (κ2) is 3.63. The second-order valence-corrected chi connectivity index (χ2v) is 3.73. The lowest BCUT2D eigenvalue weighted by molar-refractivity contribution is 0.761. The first-order valence-electron chi connectivity index (χ1n) is 4.10. The largest absolute Gasteiger partial charge is 0.399 e. The Morgan fingerprint density at radius 3 is 3.07 bits per heavy atom. The van der Waals surface area contributed by atoms with E-state index in [9.17, 15) is 4.79 Å². The summed E-state index contributed by atoms with van der Waals surface area (Å²) in [5, 5.41) is 1.76. The average Bonchev–Trinajstić information content (AvgIpc) is 2.52. The number of rotatable bonds is 2. The fraction of sp³-hybridized carbons (Fsp3) is 0.111. The molecule has 0 unspecified atom stereocenters. The van der Waals surface area contributed by atoms with E-state index in [4.69, 9.17) is 5.73 Å². The van der Waals surface area contributed by atoms with Crippen LogP contribution in [0.15, 0.2) is 34.7 Å². The zero-order chi connectivity index (χ0) is 9.97. The van der Waals surface area contributed by atoms with Crippen LogP contribution in [-0.2, 0) is 6.54 Å². The molecule has 0 atom stereocenters. The number of aromatic nitrogens is 2. The van der Waals surface area contributed by atoms with Crippen LogP contribution in [-0.4, -0.2) is 9.55 Å². The van der Waals surface area contributed by atoms with Crippen LogP contribution in [0.3, 0.4) is 0 Å². The van der Waals surface area contributed by atoms with Gasteiger partial charge in [-0.3, -0.25) is 14.3 Å². The average molecular weight is 207 g/mol. The van der Waals surface area contributed by atoms with Crippen molar-refractivity contribution in [3.05, 3.63) is 45.3 Å². The molecule has 0 spiro atoms. The summed E-state index contributed by atoms with van der Waals surface area (Å²) in [7, 11) is 0. The number of thiazole rings is 1. The summed E-state index contributed by atoms with van der Waals surface area (Å²) >= 11 is 1.18. The topological polar surface area (TPSA) is 60.9 Å². The molecule has 0 fully saturated rings. The summed E-state index contributed by atoms with van der Waals surface area (Å²) in [5.41, 5.74) is 7.06. The van der Waals surface area contributed by atoms with Gasteiger partial charge in [-0.25, -0.2) is 0 Å². The maximum Gasteiger partial charge on any atom is 0.307 e. The maximum atomic E-state index is 11.2. The molecule has 5 heteroatoms. The van der Waals surface area contributed by atoms with Crippen LogP contribution < -0.4 is 10.6 Å². The van der Waals surface area contributed by atoms with E-state index < -0.39 is 0 Å². The summed E-state index contributed by atoms with van der Waals surface area (Å²) in [6.07, 6.45) is 3.39. The van der Waals surface area contributed by atoms with E-state index in [1.165, 1.54) is 11.3 Å². The number of hydrogen-bond donors (Lipinski definition) is 1.